The van der Waals surface area contributed by atoms with E-state index in [1.54, 1.807) is 32.6 Å². The Labute approximate surface area is 192 Å². The van der Waals surface area contributed by atoms with E-state index in [-0.39, 0.29) is 24.0 Å². The first-order valence-electron chi connectivity index (χ1n) is 8.97. The number of halogens is 1. The van der Waals surface area contributed by atoms with Crippen molar-refractivity contribution in [2.45, 2.75) is 12.6 Å². The number of nitrogens with one attached hydrogen (secondary N) is 2. The lowest BCUT2D eigenvalue weighted by Gasteiger charge is -2.16. The van der Waals surface area contributed by atoms with Gasteiger partial charge in [-0.3, -0.25) is 4.99 Å². The van der Waals surface area contributed by atoms with E-state index >= 15 is 0 Å². The average molecular weight is 527 g/mol. The van der Waals surface area contributed by atoms with Crippen molar-refractivity contribution in [3.05, 3.63) is 59.0 Å². The number of hydrogen-bond acceptors (Lipinski definition) is 5. The Morgan fingerprint density at radius 1 is 1.10 bits per heavy atom. The molecule has 0 radical (unpaired) electrons. The van der Waals surface area contributed by atoms with E-state index in [0.29, 0.717) is 30.5 Å². The van der Waals surface area contributed by atoms with Gasteiger partial charge < -0.3 is 25.2 Å². The lowest BCUT2D eigenvalue weighted by atomic mass is 10.2. The summed E-state index contributed by atoms with van der Waals surface area (Å²) in [6.45, 7) is 0.876. The van der Waals surface area contributed by atoms with Gasteiger partial charge in [-0.15, -0.1) is 35.3 Å². The van der Waals surface area contributed by atoms with Crippen molar-refractivity contribution in [2.75, 3.05) is 27.8 Å². The standard InChI is InChI=1S/C21H25N3O3S.HI/c1-22-21(23-12-15-8-6-9-17(26-2)20(15)27-3)24-13-16(25)19-11-14-7-4-5-10-18(14)28-19;/h4-11,16,25H,12-13H2,1-3H3,(H2,22,23,24);1H. The molecule has 3 N–H and O–H groups in total. The number of nitrogens with zero attached hydrogens (tertiary/aromatic N) is 1. The highest BCUT2D eigenvalue weighted by Crippen LogP contribution is 2.31. The van der Waals surface area contributed by atoms with Gasteiger partial charge in [0.1, 0.15) is 6.10 Å². The van der Waals surface area contributed by atoms with Crippen LogP contribution in [0.4, 0.5) is 0 Å². The highest BCUT2D eigenvalue weighted by atomic mass is 127. The van der Waals surface area contributed by atoms with Crippen molar-refractivity contribution in [1.29, 1.82) is 0 Å². The molecule has 0 aliphatic heterocycles. The molecule has 6 nitrogen and oxygen atoms in total. The largest absolute Gasteiger partial charge is 0.493 e. The first-order valence-corrected chi connectivity index (χ1v) is 9.78. The number of hydrogen-bond donors (Lipinski definition) is 3. The van der Waals surface area contributed by atoms with Crippen LogP contribution in [0.5, 0.6) is 11.5 Å². The monoisotopic (exact) mass is 527 g/mol. The van der Waals surface area contributed by atoms with Gasteiger partial charge in [-0.1, -0.05) is 30.3 Å². The molecule has 1 unspecified atom stereocenters. The van der Waals surface area contributed by atoms with E-state index < -0.39 is 6.10 Å². The molecule has 3 aromatic rings. The quantitative estimate of drug-likeness (QED) is 0.247. The molecule has 1 aromatic heterocycles. The molecule has 29 heavy (non-hydrogen) atoms. The summed E-state index contributed by atoms with van der Waals surface area (Å²) in [6, 6.07) is 15.9. The predicted octanol–water partition coefficient (Wildman–Crippen LogP) is 3.94. The van der Waals surface area contributed by atoms with Crippen molar-refractivity contribution in [3.8, 4) is 11.5 Å². The number of para-hydroxylation sites is 1. The maximum atomic E-state index is 10.5. The summed E-state index contributed by atoms with van der Waals surface area (Å²) in [5, 5.41) is 18.1. The number of fused-ring (bicyclic) bond motifs is 1. The fraction of sp³-hybridized carbons (Fsp3) is 0.286. The van der Waals surface area contributed by atoms with Gasteiger partial charge >= 0.3 is 0 Å². The van der Waals surface area contributed by atoms with Gasteiger partial charge in [0.2, 0.25) is 0 Å². The Bertz CT molecular complexity index is 928. The van der Waals surface area contributed by atoms with E-state index in [2.05, 4.69) is 27.8 Å². The van der Waals surface area contributed by atoms with Crippen LogP contribution in [0.3, 0.4) is 0 Å². The minimum atomic E-state index is -0.609. The van der Waals surface area contributed by atoms with E-state index in [0.717, 1.165) is 15.8 Å². The topological polar surface area (TPSA) is 75.1 Å². The van der Waals surface area contributed by atoms with Gasteiger partial charge in [0.25, 0.3) is 0 Å². The number of aliphatic hydroxyl groups is 1. The van der Waals surface area contributed by atoms with Crippen LogP contribution in [-0.2, 0) is 6.54 Å². The second-order valence-corrected chi connectivity index (χ2v) is 7.28. The van der Waals surface area contributed by atoms with Crippen molar-refractivity contribution in [2.24, 2.45) is 4.99 Å². The number of guanidine groups is 1. The highest BCUT2D eigenvalue weighted by Gasteiger charge is 2.13. The van der Waals surface area contributed by atoms with E-state index in [1.165, 1.54) is 4.70 Å². The molecule has 3 rings (SSSR count). The molecule has 0 spiro atoms. The number of thiophene rings is 1. The lowest BCUT2D eigenvalue weighted by molar-refractivity contribution is 0.184. The fourth-order valence-electron chi connectivity index (χ4n) is 2.95. The van der Waals surface area contributed by atoms with Gasteiger partial charge in [0, 0.05) is 35.3 Å². The molecule has 156 valence electrons. The molecule has 0 aliphatic rings. The third-order valence-corrected chi connectivity index (χ3v) is 5.61. The SMILES string of the molecule is CN=C(NCc1cccc(OC)c1OC)NCC(O)c1cc2ccccc2s1.I. The molecule has 1 heterocycles. The van der Waals surface area contributed by atoms with Crippen LogP contribution in [0.2, 0.25) is 0 Å². The molecular weight excluding hydrogens is 501 g/mol. The first-order chi connectivity index (χ1) is 13.7. The van der Waals surface area contributed by atoms with Gasteiger partial charge in [-0.25, -0.2) is 0 Å². The van der Waals surface area contributed by atoms with E-state index in [1.807, 2.05) is 36.4 Å². The van der Waals surface area contributed by atoms with Gasteiger partial charge in [-0.2, -0.15) is 0 Å². The van der Waals surface area contributed by atoms with Crippen LogP contribution >= 0.6 is 35.3 Å². The molecule has 0 amide bonds. The van der Waals surface area contributed by atoms with Gasteiger partial charge in [0.15, 0.2) is 17.5 Å². The Morgan fingerprint density at radius 2 is 1.90 bits per heavy atom. The normalized spacial score (nSPS) is 12.2. The Hall–Kier alpha value is -2.04. The van der Waals surface area contributed by atoms with Crippen molar-refractivity contribution >= 4 is 51.4 Å². The minimum absolute atomic E-state index is 0. The molecule has 0 saturated carbocycles. The second-order valence-electron chi connectivity index (χ2n) is 6.16. The Kier molecular flexibility index (Phi) is 8.99. The molecular formula is C21H26IN3O3S. The van der Waals surface area contributed by atoms with Crippen LogP contribution in [0, 0.1) is 0 Å². The third-order valence-electron chi connectivity index (χ3n) is 4.39. The van der Waals surface area contributed by atoms with E-state index in [4.69, 9.17) is 9.47 Å². The maximum absolute atomic E-state index is 10.5. The van der Waals surface area contributed by atoms with Gasteiger partial charge in [-0.05, 0) is 23.6 Å². The van der Waals surface area contributed by atoms with Crippen LogP contribution in [0.15, 0.2) is 53.5 Å². The first kappa shape index (κ1) is 23.2. The summed E-state index contributed by atoms with van der Waals surface area (Å²) in [5.74, 6) is 1.98. The Balaban J connectivity index is 0.00000300. The number of rotatable bonds is 7. The number of ether oxygens (including phenoxy) is 2. The van der Waals surface area contributed by atoms with Crippen molar-refractivity contribution in [3.63, 3.8) is 0 Å². The van der Waals surface area contributed by atoms with Crippen LogP contribution in [0.1, 0.15) is 16.5 Å². The van der Waals surface area contributed by atoms with Gasteiger partial charge in [0.05, 0.1) is 14.2 Å². The summed E-state index contributed by atoms with van der Waals surface area (Å²) in [6.07, 6.45) is -0.609. The minimum Gasteiger partial charge on any atom is -0.493 e. The molecule has 8 heteroatoms. The number of aliphatic hydroxyl groups excluding tert-OH is 1. The molecule has 0 saturated heterocycles. The summed E-state index contributed by atoms with van der Waals surface area (Å²) in [7, 11) is 4.94. The average Bonchev–Trinajstić information content (AvgIpc) is 3.17. The lowest BCUT2D eigenvalue weighted by Crippen LogP contribution is -2.38. The maximum Gasteiger partial charge on any atom is 0.191 e. The van der Waals surface area contributed by atoms with Crippen LogP contribution < -0.4 is 20.1 Å². The van der Waals surface area contributed by atoms with Crippen LogP contribution in [0.25, 0.3) is 10.1 Å². The fourth-order valence-corrected chi connectivity index (χ4v) is 4.00. The summed E-state index contributed by atoms with van der Waals surface area (Å²) >= 11 is 1.60. The summed E-state index contributed by atoms with van der Waals surface area (Å²) < 4.78 is 12.0. The smallest absolute Gasteiger partial charge is 0.191 e. The molecule has 0 bridgehead atoms. The number of benzene rings is 2. The molecule has 2 aromatic carbocycles. The zero-order valence-electron chi connectivity index (χ0n) is 16.6. The Morgan fingerprint density at radius 3 is 2.59 bits per heavy atom. The highest BCUT2D eigenvalue weighted by molar-refractivity contribution is 14.0. The summed E-state index contributed by atoms with van der Waals surface area (Å²) in [5.41, 5.74) is 0.954. The van der Waals surface area contributed by atoms with E-state index in [9.17, 15) is 5.11 Å². The van der Waals surface area contributed by atoms with Crippen molar-refractivity contribution < 1.29 is 14.6 Å². The third kappa shape index (κ3) is 5.74. The molecule has 1 atom stereocenters. The number of methoxy groups -OCH3 is 2. The summed E-state index contributed by atoms with van der Waals surface area (Å²) in [4.78, 5) is 5.15. The van der Waals surface area contributed by atoms with Crippen molar-refractivity contribution in [1.82, 2.24) is 10.6 Å². The predicted molar refractivity (Wildman–Crippen MR) is 130 cm³/mol. The zero-order valence-corrected chi connectivity index (χ0v) is 19.8. The molecule has 0 fully saturated rings. The second kappa shape index (κ2) is 11.2. The number of aliphatic imine (C=N–C) groups is 1. The molecule has 0 aliphatic carbocycles. The van der Waals surface area contributed by atoms with Crippen LogP contribution in [-0.4, -0.2) is 38.9 Å². The zero-order chi connectivity index (χ0) is 19.9.